The van der Waals surface area contributed by atoms with Crippen molar-refractivity contribution in [3.8, 4) is 6.07 Å². The summed E-state index contributed by atoms with van der Waals surface area (Å²) in [5.74, 6) is -0.275. The van der Waals surface area contributed by atoms with E-state index < -0.39 is 0 Å². The van der Waals surface area contributed by atoms with Crippen LogP contribution in [0, 0.1) is 17.1 Å². The van der Waals surface area contributed by atoms with E-state index in [2.05, 4.69) is 11.4 Å². The van der Waals surface area contributed by atoms with Crippen LogP contribution in [0.5, 0.6) is 0 Å². The van der Waals surface area contributed by atoms with Gasteiger partial charge in [-0.15, -0.1) is 0 Å². The van der Waals surface area contributed by atoms with Gasteiger partial charge in [0.2, 0.25) is 0 Å². The Morgan fingerprint density at radius 2 is 2.00 bits per heavy atom. The lowest BCUT2D eigenvalue weighted by atomic mass is 10.1. The summed E-state index contributed by atoms with van der Waals surface area (Å²) in [5, 5.41) is 12.7. The van der Waals surface area contributed by atoms with E-state index in [0.717, 1.165) is 0 Å². The van der Waals surface area contributed by atoms with E-state index in [1.165, 1.54) is 6.07 Å². The minimum absolute atomic E-state index is 0.258. The molecule has 2 aromatic rings. The Morgan fingerprint density at radius 1 is 1.26 bits per heavy atom. The standard InChI is InChI=1S/C15H12ClFN2/c1-10(13-4-2-3-5-14(13)17)19-15-8-12(16)7-6-11(15)9-18/h2-8,10,19H,1H3. The number of hydrogen-bond donors (Lipinski definition) is 1. The molecule has 0 bridgehead atoms. The van der Waals surface area contributed by atoms with Crippen molar-refractivity contribution in [1.29, 1.82) is 5.26 Å². The molecule has 0 saturated carbocycles. The Kier molecular flexibility index (Phi) is 4.03. The minimum atomic E-state index is -0.275. The van der Waals surface area contributed by atoms with Gasteiger partial charge in [0.05, 0.1) is 17.3 Å². The van der Waals surface area contributed by atoms with Crippen LogP contribution < -0.4 is 5.32 Å². The molecule has 0 aliphatic rings. The monoisotopic (exact) mass is 274 g/mol. The van der Waals surface area contributed by atoms with E-state index in [1.54, 1.807) is 36.4 Å². The highest BCUT2D eigenvalue weighted by Gasteiger charge is 2.12. The van der Waals surface area contributed by atoms with Gasteiger partial charge < -0.3 is 5.32 Å². The van der Waals surface area contributed by atoms with Crippen LogP contribution in [0.15, 0.2) is 42.5 Å². The highest BCUT2D eigenvalue weighted by Crippen LogP contribution is 2.26. The summed E-state index contributed by atoms with van der Waals surface area (Å²) in [6.45, 7) is 1.83. The van der Waals surface area contributed by atoms with Crippen molar-refractivity contribution in [2.75, 3.05) is 5.32 Å². The Morgan fingerprint density at radius 3 is 2.68 bits per heavy atom. The number of nitrogens with zero attached hydrogens (tertiary/aromatic N) is 1. The van der Waals surface area contributed by atoms with Gasteiger partial charge >= 0.3 is 0 Å². The molecule has 4 heteroatoms. The van der Waals surface area contributed by atoms with Gasteiger partial charge in [0, 0.05) is 10.6 Å². The first-order chi connectivity index (χ1) is 9.11. The first kappa shape index (κ1) is 13.4. The van der Waals surface area contributed by atoms with E-state index in [1.807, 2.05) is 6.92 Å². The molecule has 2 nitrogen and oxygen atoms in total. The van der Waals surface area contributed by atoms with E-state index in [0.29, 0.717) is 21.8 Å². The normalized spacial score (nSPS) is 11.7. The number of anilines is 1. The van der Waals surface area contributed by atoms with Gasteiger partial charge in [0.1, 0.15) is 11.9 Å². The van der Waals surface area contributed by atoms with Crippen molar-refractivity contribution in [3.05, 3.63) is 64.4 Å². The predicted molar refractivity (Wildman–Crippen MR) is 74.6 cm³/mol. The van der Waals surface area contributed by atoms with Crippen LogP contribution in [0.4, 0.5) is 10.1 Å². The predicted octanol–water partition coefficient (Wildman–Crippen LogP) is 4.52. The van der Waals surface area contributed by atoms with Crippen LogP contribution in [0.1, 0.15) is 24.1 Å². The van der Waals surface area contributed by atoms with Gasteiger partial charge in [-0.25, -0.2) is 4.39 Å². The smallest absolute Gasteiger partial charge is 0.128 e. The lowest BCUT2D eigenvalue weighted by Crippen LogP contribution is -2.09. The van der Waals surface area contributed by atoms with Crippen LogP contribution >= 0.6 is 11.6 Å². The average Bonchev–Trinajstić information content (AvgIpc) is 2.39. The zero-order valence-corrected chi connectivity index (χ0v) is 11.1. The minimum Gasteiger partial charge on any atom is -0.377 e. The van der Waals surface area contributed by atoms with Gasteiger partial charge in [-0.05, 0) is 31.2 Å². The number of halogens is 2. The van der Waals surface area contributed by atoms with Gasteiger partial charge in [-0.1, -0.05) is 29.8 Å². The van der Waals surface area contributed by atoms with Crippen LogP contribution in [-0.2, 0) is 0 Å². The highest BCUT2D eigenvalue weighted by atomic mass is 35.5. The summed E-state index contributed by atoms with van der Waals surface area (Å²) >= 11 is 5.91. The van der Waals surface area contributed by atoms with Crippen molar-refractivity contribution >= 4 is 17.3 Å². The molecule has 19 heavy (non-hydrogen) atoms. The van der Waals surface area contributed by atoms with E-state index in [9.17, 15) is 4.39 Å². The third-order valence-corrected chi connectivity index (χ3v) is 3.08. The first-order valence-corrected chi connectivity index (χ1v) is 6.20. The molecular weight excluding hydrogens is 263 g/mol. The van der Waals surface area contributed by atoms with Crippen LogP contribution in [0.3, 0.4) is 0 Å². The molecule has 0 amide bonds. The third kappa shape index (κ3) is 3.04. The molecule has 2 rings (SSSR count). The van der Waals surface area contributed by atoms with Crippen molar-refractivity contribution in [2.45, 2.75) is 13.0 Å². The zero-order chi connectivity index (χ0) is 13.8. The first-order valence-electron chi connectivity index (χ1n) is 5.82. The van der Waals surface area contributed by atoms with Crippen LogP contribution in [0.25, 0.3) is 0 Å². The van der Waals surface area contributed by atoms with Gasteiger partial charge in [-0.2, -0.15) is 5.26 Å². The largest absolute Gasteiger partial charge is 0.377 e. The molecule has 0 fully saturated rings. The lowest BCUT2D eigenvalue weighted by Gasteiger charge is -2.17. The fraction of sp³-hybridized carbons (Fsp3) is 0.133. The fourth-order valence-electron chi connectivity index (χ4n) is 1.87. The zero-order valence-electron chi connectivity index (χ0n) is 10.3. The summed E-state index contributed by atoms with van der Waals surface area (Å²) in [6, 6.07) is 13.3. The molecule has 1 unspecified atom stereocenters. The number of benzene rings is 2. The lowest BCUT2D eigenvalue weighted by molar-refractivity contribution is 0.600. The number of nitriles is 1. The van der Waals surface area contributed by atoms with Crippen molar-refractivity contribution < 1.29 is 4.39 Å². The third-order valence-electron chi connectivity index (χ3n) is 2.85. The molecule has 1 N–H and O–H groups in total. The summed E-state index contributed by atoms with van der Waals surface area (Å²) in [4.78, 5) is 0. The molecular formula is C15H12ClFN2. The molecule has 0 radical (unpaired) electrons. The SMILES string of the molecule is CC(Nc1cc(Cl)ccc1C#N)c1ccccc1F. The Balaban J connectivity index is 2.29. The maximum absolute atomic E-state index is 13.7. The van der Waals surface area contributed by atoms with Gasteiger partial charge in [0.25, 0.3) is 0 Å². The number of hydrogen-bond acceptors (Lipinski definition) is 2. The Labute approximate surface area is 116 Å². The molecule has 0 saturated heterocycles. The number of rotatable bonds is 3. The fourth-order valence-corrected chi connectivity index (χ4v) is 2.04. The van der Waals surface area contributed by atoms with E-state index in [4.69, 9.17) is 16.9 Å². The molecule has 0 aliphatic carbocycles. The van der Waals surface area contributed by atoms with Crippen molar-refractivity contribution in [1.82, 2.24) is 0 Å². The molecule has 1 atom stereocenters. The molecule has 0 heterocycles. The molecule has 96 valence electrons. The summed E-state index contributed by atoms with van der Waals surface area (Å²) < 4.78 is 13.7. The van der Waals surface area contributed by atoms with Crippen LogP contribution in [-0.4, -0.2) is 0 Å². The number of nitrogens with one attached hydrogen (secondary N) is 1. The van der Waals surface area contributed by atoms with E-state index in [-0.39, 0.29) is 11.9 Å². The topological polar surface area (TPSA) is 35.8 Å². The van der Waals surface area contributed by atoms with Gasteiger partial charge in [0.15, 0.2) is 0 Å². The Hall–Kier alpha value is -2.05. The maximum Gasteiger partial charge on any atom is 0.128 e. The molecule has 0 spiro atoms. The second-order valence-electron chi connectivity index (χ2n) is 4.19. The van der Waals surface area contributed by atoms with Crippen LogP contribution in [0.2, 0.25) is 5.02 Å². The average molecular weight is 275 g/mol. The molecule has 2 aromatic carbocycles. The van der Waals surface area contributed by atoms with E-state index >= 15 is 0 Å². The summed E-state index contributed by atoms with van der Waals surface area (Å²) in [6.07, 6.45) is 0. The van der Waals surface area contributed by atoms with Gasteiger partial charge in [-0.3, -0.25) is 0 Å². The summed E-state index contributed by atoms with van der Waals surface area (Å²) in [5.41, 5.74) is 1.63. The Bertz CT molecular complexity index is 634. The quantitative estimate of drug-likeness (QED) is 0.893. The second kappa shape index (κ2) is 5.73. The molecule has 0 aliphatic heterocycles. The maximum atomic E-state index is 13.7. The highest BCUT2D eigenvalue weighted by molar-refractivity contribution is 6.30. The van der Waals surface area contributed by atoms with Crippen molar-refractivity contribution in [2.24, 2.45) is 0 Å². The van der Waals surface area contributed by atoms with Crippen molar-refractivity contribution in [3.63, 3.8) is 0 Å². The molecule has 0 aromatic heterocycles. The second-order valence-corrected chi connectivity index (χ2v) is 4.63. The summed E-state index contributed by atoms with van der Waals surface area (Å²) in [7, 11) is 0.